The predicted molar refractivity (Wildman–Crippen MR) is 69.8 cm³/mol. The molecule has 1 aliphatic carbocycles. The lowest BCUT2D eigenvalue weighted by Gasteiger charge is -2.29. The van der Waals surface area contributed by atoms with E-state index in [2.05, 4.69) is 5.32 Å². The van der Waals surface area contributed by atoms with Gasteiger partial charge in [-0.25, -0.2) is 9.59 Å². The van der Waals surface area contributed by atoms with Crippen LogP contribution in [0.2, 0.25) is 0 Å². The number of carbonyl (C=O) groups excluding carboxylic acids is 2. The molecule has 0 heterocycles. The first-order valence-corrected chi connectivity index (χ1v) is 6.64. The first-order valence-electron chi connectivity index (χ1n) is 6.64. The second-order valence-electron chi connectivity index (χ2n) is 4.87. The summed E-state index contributed by atoms with van der Waals surface area (Å²) in [5.41, 5.74) is 4.96. The summed E-state index contributed by atoms with van der Waals surface area (Å²) in [7, 11) is 0. The predicted octanol–water partition coefficient (Wildman–Crippen LogP) is -0.738. The van der Waals surface area contributed by atoms with E-state index in [-0.39, 0.29) is 19.2 Å². The smallest absolute Gasteiger partial charge is 0.326 e. The number of carboxylic acids is 1. The van der Waals surface area contributed by atoms with Gasteiger partial charge in [-0.15, -0.1) is 0 Å². The highest BCUT2D eigenvalue weighted by atomic mass is 16.4. The van der Waals surface area contributed by atoms with Gasteiger partial charge in [-0.1, -0.05) is 12.8 Å². The van der Waals surface area contributed by atoms with Crippen molar-refractivity contribution in [1.29, 1.82) is 0 Å². The summed E-state index contributed by atoms with van der Waals surface area (Å²) in [6.45, 7) is -0.0586. The Labute approximate surface area is 116 Å². The molecular formula is C12H21N3O5. The lowest BCUT2D eigenvalue weighted by molar-refractivity contribution is -0.141. The minimum Gasteiger partial charge on any atom is -0.480 e. The molecule has 20 heavy (non-hydrogen) atoms. The van der Waals surface area contributed by atoms with Gasteiger partial charge in [0.25, 0.3) is 0 Å². The van der Waals surface area contributed by atoms with Gasteiger partial charge in [0.2, 0.25) is 5.91 Å². The van der Waals surface area contributed by atoms with Crippen LogP contribution < -0.4 is 11.1 Å². The summed E-state index contributed by atoms with van der Waals surface area (Å²) in [5.74, 6) is -2.11. The van der Waals surface area contributed by atoms with Crippen LogP contribution in [0.15, 0.2) is 0 Å². The Hall–Kier alpha value is -1.83. The van der Waals surface area contributed by atoms with Crippen LogP contribution >= 0.6 is 0 Å². The van der Waals surface area contributed by atoms with Crippen molar-refractivity contribution in [2.45, 2.75) is 44.2 Å². The Morgan fingerprint density at radius 1 is 1.30 bits per heavy atom. The van der Waals surface area contributed by atoms with Crippen molar-refractivity contribution in [3.63, 3.8) is 0 Å². The molecule has 0 bridgehead atoms. The third-order valence-electron chi connectivity index (χ3n) is 3.37. The molecule has 0 saturated heterocycles. The zero-order valence-corrected chi connectivity index (χ0v) is 11.2. The van der Waals surface area contributed by atoms with E-state index in [1.165, 1.54) is 4.90 Å². The molecule has 0 aromatic heterocycles. The third-order valence-corrected chi connectivity index (χ3v) is 3.37. The van der Waals surface area contributed by atoms with Gasteiger partial charge in [-0.05, 0) is 12.8 Å². The molecule has 3 amide bonds. The summed E-state index contributed by atoms with van der Waals surface area (Å²) in [6.07, 6.45) is 3.22. The number of aliphatic carboxylic acids is 1. The number of hydrogen-bond acceptors (Lipinski definition) is 4. The molecule has 1 fully saturated rings. The Morgan fingerprint density at radius 3 is 2.35 bits per heavy atom. The number of nitrogens with zero attached hydrogens (tertiary/aromatic N) is 1. The maximum atomic E-state index is 12.1. The maximum Gasteiger partial charge on any atom is 0.326 e. The molecule has 114 valence electrons. The first-order chi connectivity index (χ1) is 9.45. The molecule has 1 atom stereocenters. The standard InChI is InChI=1S/C12H21N3O5/c13-10(17)7-9(11(18)19)14-12(20)15(5-6-16)8-3-1-2-4-8/h8-9,16H,1-7H2,(H2,13,17)(H,14,20)(H,18,19)/t9-/m0/s1. The lowest BCUT2D eigenvalue weighted by atomic mass is 10.2. The molecule has 0 aromatic carbocycles. The second kappa shape index (κ2) is 7.68. The zero-order chi connectivity index (χ0) is 15.1. The van der Waals surface area contributed by atoms with Gasteiger partial charge < -0.3 is 26.2 Å². The van der Waals surface area contributed by atoms with Crippen LogP contribution in [0.3, 0.4) is 0 Å². The quantitative estimate of drug-likeness (QED) is 0.489. The summed E-state index contributed by atoms with van der Waals surface area (Å²) < 4.78 is 0. The van der Waals surface area contributed by atoms with Crippen molar-refractivity contribution in [2.75, 3.05) is 13.2 Å². The summed E-state index contributed by atoms with van der Waals surface area (Å²) in [6, 6.07) is -1.92. The fourth-order valence-electron chi connectivity index (χ4n) is 2.41. The fraction of sp³-hybridized carbons (Fsp3) is 0.750. The van der Waals surface area contributed by atoms with Gasteiger partial charge in [0.1, 0.15) is 6.04 Å². The van der Waals surface area contributed by atoms with E-state index in [1.807, 2.05) is 0 Å². The van der Waals surface area contributed by atoms with Gasteiger partial charge in [0.15, 0.2) is 0 Å². The van der Waals surface area contributed by atoms with Crippen LogP contribution in [0, 0.1) is 0 Å². The number of carbonyl (C=O) groups is 3. The molecular weight excluding hydrogens is 266 g/mol. The molecule has 8 nitrogen and oxygen atoms in total. The highest BCUT2D eigenvalue weighted by molar-refractivity contribution is 5.87. The average molecular weight is 287 g/mol. The number of hydrogen-bond donors (Lipinski definition) is 4. The number of rotatable bonds is 7. The highest BCUT2D eigenvalue weighted by Gasteiger charge is 2.29. The van der Waals surface area contributed by atoms with Crippen molar-refractivity contribution in [3.8, 4) is 0 Å². The van der Waals surface area contributed by atoms with Gasteiger partial charge in [-0.3, -0.25) is 4.79 Å². The van der Waals surface area contributed by atoms with Crippen molar-refractivity contribution in [3.05, 3.63) is 0 Å². The number of aliphatic hydroxyl groups is 1. The van der Waals surface area contributed by atoms with Crippen LogP contribution in [0.5, 0.6) is 0 Å². The molecule has 0 aliphatic heterocycles. The van der Waals surface area contributed by atoms with Gasteiger partial charge in [-0.2, -0.15) is 0 Å². The minimum absolute atomic E-state index is 0.00479. The SMILES string of the molecule is NC(=O)C[C@H](NC(=O)N(CCO)C1CCCC1)C(=O)O. The van der Waals surface area contributed by atoms with Crippen LogP contribution in [0.25, 0.3) is 0 Å². The Balaban J connectivity index is 2.67. The van der Waals surface area contributed by atoms with Gasteiger partial charge in [0.05, 0.1) is 13.0 Å². The molecule has 1 aliphatic rings. The van der Waals surface area contributed by atoms with E-state index in [1.54, 1.807) is 0 Å². The van der Waals surface area contributed by atoms with E-state index < -0.39 is 30.4 Å². The van der Waals surface area contributed by atoms with Crippen LogP contribution in [0.1, 0.15) is 32.1 Å². The first kappa shape index (κ1) is 16.2. The van der Waals surface area contributed by atoms with E-state index >= 15 is 0 Å². The zero-order valence-electron chi connectivity index (χ0n) is 11.2. The summed E-state index contributed by atoms with van der Waals surface area (Å²) in [4.78, 5) is 35.3. The molecule has 0 radical (unpaired) electrons. The van der Waals surface area contributed by atoms with Crippen molar-refractivity contribution >= 4 is 17.9 Å². The second-order valence-corrected chi connectivity index (χ2v) is 4.87. The summed E-state index contributed by atoms with van der Waals surface area (Å²) in [5, 5.41) is 20.3. The van der Waals surface area contributed by atoms with Crippen LogP contribution in [0.4, 0.5) is 4.79 Å². The van der Waals surface area contributed by atoms with Gasteiger partial charge >= 0.3 is 12.0 Å². The number of primary amides is 1. The minimum atomic E-state index is -1.34. The molecule has 0 unspecified atom stereocenters. The maximum absolute atomic E-state index is 12.1. The third kappa shape index (κ3) is 4.69. The highest BCUT2D eigenvalue weighted by Crippen LogP contribution is 2.23. The van der Waals surface area contributed by atoms with Crippen molar-refractivity contribution < 1.29 is 24.6 Å². The number of urea groups is 1. The van der Waals surface area contributed by atoms with E-state index in [9.17, 15) is 14.4 Å². The monoisotopic (exact) mass is 287 g/mol. The topological polar surface area (TPSA) is 133 Å². The largest absolute Gasteiger partial charge is 0.480 e. The molecule has 1 rings (SSSR count). The average Bonchev–Trinajstić information content (AvgIpc) is 2.87. The number of aliphatic hydroxyl groups excluding tert-OH is 1. The normalized spacial score (nSPS) is 16.6. The molecule has 5 N–H and O–H groups in total. The van der Waals surface area contributed by atoms with Gasteiger partial charge in [0, 0.05) is 12.6 Å². The van der Waals surface area contributed by atoms with Crippen molar-refractivity contribution in [2.24, 2.45) is 5.73 Å². The van der Waals surface area contributed by atoms with Crippen LogP contribution in [-0.4, -0.2) is 58.3 Å². The molecule has 0 aromatic rings. The Kier molecular flexibility index (Phi) is 6.23. The van der Waals surface area contributed by atoms with Crippen LogP contribution in [-0.2, 0) is 9.59 Å². The number of nitrogens with two attached hydrogens (primary N) is 1. The van der Waals surface area contributed by atoms with E-state index in [0.717, 1.165) is 25.7 Å². The Bertz CT molecular complexity index is 368. The number of nitrogens with one attached hydrogen (secondary N) is 1. The molecule has 8 heteroatoms. The van der Waals surface area contributed by atoms with E-state index in [0.29, 0.717) is 0 Å². The molecule has 0 spiro atoms. The number of amides is 3. The fourth-order valence-corrected chi connectivity index (χ4v) is 2.41. The Morgan fingerprint density at radius 2 is 1.90 bits per heavy atom. The molecule has 1 saturated carbocycles. The lowest BCUT2D eigenvalue weighted by Crippen LogP contribution is -2.52. The summed E-state index contributed by atoms with van der Waals surface area (Å²) >= 11 is 0. The van der Waals surface area contributed by atoms with E-state index in [4.69, 9.17) is 15.9 Å². The van der Waals surface area contributed by atoms with Crippen molar-refractivity contribution in [1.82, 2.24) is 10.2 Å². The number of carboxylic acid groups (broad SMARTS) is 1.